The van der Waals surface area contributed by atoms with E-state index in [1.54, 1.807) is 0 Å². The van der Waals surface area contributed by atoms with E-state index in [9.17, 15) is 0 Å². The average Bonchev–Trinajstić information content (AvgIpc) is 2.43. The van der Waals surface area contributed by atoms with Gasteiger partial charge in [-0.3, -0.25) is 0 Å². The maximum atomic E-state index is 5.83. The lowest BCUT2D eigenvalue weighted by atomic mass is 10.1. The number of hydrogen-bond donors (Lipinski definition) is 1. The minimum atomic E-state index is 0.671. The summed E-state index contributed by atoms with van der Waals surface area (Å²) in [5.41, 5.74) is 2.37. The van der Waals surface area contributed by atoms with Gasteiger partial charge < -0.3 is 10.1 Å². The smallest absolute Gasteiger partial charge is 0.213 e. The highest BCUT2D eigenvalue weighted by Gasteiger charge is 2.04. The molecule has 21 heavy (non-hydrogen) atoms. The van der Waals surface area contributed by atoms with Gasteiger partial charge in [-0.15, -0.1) is 0 Å². The fraction of sp³-hybridized carbons (Fsp3) is 0.722. The van der Waals surface area contributed by atoms with E-state index in [0.717, 1.165) is 50.0 Å². The Kier molecular flexibility index (Phi) is 8.36. The van der Waals surface area contributed by atoms with Gasteiger partial charge in [0.2, 0.25) is 5.88 Å². The first-order valence-electron chi connectivity index (χ1n) is 8.34. The molecule has 0 aliphatic heterocycles. The van der Waals surface area contributed by atoms with E-state index >= 15 is 0 Å². The summed E-state index contributed by atoms with van der Waals surface area (Å²) in [6, 6.07) is 4.25. The lowest BCUT2D eigenvalue weighted by molar-refractivity contribution is 0.286. The van der Waals surface area contributed by atoms with Gasteiger partial charge in [0, 0.05) is 18.3 Å². The van der Waals surface area contributed by atoms with Crippen LogP contribution in [0.1, 0.15) is 58.7 Å². The summed E-state index contributed by atoms with van der Waals surface area (Å²) in [7, 11) is 0. The molecule has 1 N–H and O–H groups in total. The Bertz CT molecular complexity index is 402. The molecule has 0 fully saturated rings. The van der Waals surface area contributed by atoms with Crippen LogP contribution in [0.2, 0.25) is 0 Å². The first-order valence-corrected chi connectivity index (χ1v) is 8.34. The minimum Gasteiger partial charge on any atom is -0.478 e. The SMILES string of the molecule is CCc1cc(CNCC(C)C)cc(OCCCC(C)C)n1. The molecule has 0 bridgehead atoms. The number of aromatic nitrogens is 1. The topological polar surface area (TPSA) is 34.1 Å². The van der Waals surface area contributed by atoms with Crippen molar-refractivity contribution in [2.45, 2.75) is 60.4 Å². The Labute approximate surface area is 130 Å². The van der Waals surface area contributed by atoms with Crippen molar-refractivity contribution in [3.63, 3.8) is 0 Å². The number of nitrogens with one attached hydrogen (secondary N) is 1. The minimum absolute atomic E-state index is 0.671. The summed E-state index contributed by atoms with van der Waals surface area (Å²) in [4.78, 5) is 4.56. The summed E-state index contributed by atoms with van der Waals surface area (Å²) in [5, 5.41) is 3.48. The third kappa shape index (κ3) is 8.05. The van der Waals surface area contributed by atoms with E-state index in [2.05, 4.69) is 57.1 Å². The molecule has 1 rings (SSSR count). The van der Waals surface area contributed by atoms with Gasteiger partial charge in [-0.05, 0) is 49.3 Å². The molecule has 0 atom stereocenters. The normalized spacial score (nSPS) is 11.4. The first kappa shape index (κ1) is 18.0. The van der Waals surface area contributed by atoms with E-state index in [4.69, 9.17) is 4.74 Å². The van der Waals surface area contributed by atoms with Crippen LogP contribution in [0.5, 0.6) is 5.88 Å². The molecule has 120 valence electrons. The molecule has 3 nitrogen and oxygen atoms in total. The summed E-state index contributed by atoms with van der Waals surface area (Å²) in [6.07, 6.45) is 3.24. The fourth-order valence-corrected chi connectivity index (χ4v) is 2.15. The highest BCUT2D eigenvalue weighted by molar-refractivity contribution is 5.25. The van der Waals surface area contributed by atoms with E-state index in [-0.39, 0.29) is 0 Å². The Morgan fingerprint density at radius 3 is 2.52 bits per heavy atom. The van der Waals surface area contributed by atoms with Crippen LogP contribution < -0.4 is 10.1 Å². The van der Waals surface area contributed by atoms with Crippen LogP contribution in [0.3, 0.4) is 0 Å². The zero-order valence-corrected chi connectivity index (χ0v) is 14.4. The molecule has 0 radical (unpaired) electrons. The van der Waals surface area contributed by atoms with Gasteiger partial charge >= 0.3 is 0 Å². The summed E-state index contributed by atoms with van der Waals surface area (Å²) in [6.45, 7) is 13.8. The van der Waals surface area contributed by atoms with E-state index < -0.39 is 0 Å². The third-order valence-corrected chi connectivity index (χ3v) is 3.33. The van der Waals surface area contributed by atoms with E-state index in [0.29, 0.717) is 5.92 Å². The Balaban J connectivity index is 2.53. The van der Waals surface area contributed by atoms with Crippen LogP contribution >= 0.6 is 0 Å². The highest BCUT2D eigenvalue weighted by Crippen LogP contribution is 2.14. The molecule has 0 aliphatic carbocycles. The second-order valence-corrected chi connectivity index (χ2v) is 6.57. The van der Waals surface area contributed by atoms with Crippen molar-refractivity contribution in [3.8, 4) is 5.88 Å². The number of rotatable bonds is 10. The van der Waals surface area contributed by atoms with Gasteiger partial charge in [-0.2, -0.15) is 0 Å². The number of hydrogen-bond acceptors (Lipinski definition) is 3. The Morgan fingerprint density at radius 1 is 1.14 bits per heavy atom. The quantitative estimate of drug-likeness (QED) is 0.656. The summed E-state index contributed by atoms with van der Waals surface area (Å²) >= 11 is 0. The standard InChI is InChI=1S/C18H32N2O/c1-6-17-10-16(13-19-12-15(4)5)11-18(20-17)21-9-7-8-14(2)3/h10-11,14-15,19H,6-9,12-13H2,1-5H3. The predicted molar refractivity (Wildman–Crippen MR) is 89.7 cm³/mol. The van der Waals surface area contributed by atoms with Crippen LogP contribution in [-0.2, 0) is 13.0 Å². The van der Waals surface area contributed by atoms with Crippen molar-refractivity contribution >= 4 is 0 Å². The molecular weight excluding hydrogens is 260 g/mol. The molecule has 0 unspecified atom stereocenters. The van der Waals surface area contributed by atoms with Crippen LogP contribution in [0.25, 0.3) is 0 Å². The van der Waals surface area contributed by atoms with E-state index in [1.807, 2.05) is 0 Å². The van der Waals surface area contributed by atoms with Gasteiger partial charge in [0.25, 0.3) is 0 Å². The molecule has 1 aromatic heterocycles. The summed E-state index contributed by atoms with van der Waals surface area (Å²) in [5.74, 6) is 2.18. The van der Waals surface area contributed by atoms with Crippen LogP contribution in [0.15, 0.2) is 12.1 Å². The van der Waals surface area contributed by atoms with Crippen molar-refractivity contribution in [2.24, 2.45) is 11.8 Å². The molecular formula is C18H32N2O. The largest absolute Gasteiger partial charge is 0.478 e. The zero-order valence-electron chi connectivity index (χ0n) is 14.4. The van der Waals surface area contributed by atoms with Crippen molar-refractivity contribution < 1.29 is 4.74 Å². The average molecular weight is 292 g/mol. The Hall–Kier alpha value is -1.09. The van der Waals surface area contributed by atoms with Gasteiger partial charge in [-0.1, -0.05) is 34.6 Å². The van der Waals surface area contributed by atoms with Crippen LogP contribution in [-0.4, -0.2) is 18.1 Å². The van der Waals surface area contributed by atoms with Crippen LogP contribution in [0.4, 0.5) is 0 Å². The molecule has 0 amide bonds. The lowest BCUT2D eigenvalue weighted by Gasteiger charge is -2.12. The van der Waals surface area contributed by atoms with Crippen molar-refractivity contribution in [3.05, 3.63) is 23.4 Å². The highest BCUT2D eigenvalue weighted by atomic mass is 16.5. The second-order valence-electron chi connectivity index (χ2n) is 6.57. The molecule has 1 heterocycles. The molecule has 3 heteroatoms. The van der Waals surface area contributed by atoms with Crippen molar-refractivity contribution in [2.75, 3.05) is 13.2 Å². The predicted octanol–water partition coefficient (Wildman–Crippen LogP) is 4.20. The van der Waals surface area contributed by atoms with Crippen LogP contribution in [0, 0.1) is 11.8 Å². The maximum absolute atomic E-state index is 5.83. The van der Waals surface area contributed by atoms with Crippen molar-refractivity contribution in [1.82, 2.24) is 10.3 Å². The molecule has 0 saturated heterocycles. The fourth-order valence-electron chi connectivity index (χ4n) is 2.15. The number of pyridine rings is 1. The number of aryl methyl sites for hydroxylation is 1. The van der Waals surface area contributed by atoms with Crippen molar-refractivity contribution in [1.29, 1.82) is 0 Å². The van der Waals surface area contributed by atoms with Gasteiger partial charge in [0.15, 0.2) is 0 Å². The van der Waals surface area contributed by atoms with Gasteiger partial charge in [0.05, 0.1) is 6.61 Å². The molecule has 0 aliphatic rings. The number of ether oxygens (including phenoxy) is 1. The number of nitrogens with zero attached hydrogens (tertiary/aromatic N) is 1. The monoisotopic (exact) mass is 292 g/mol. The van der Waals surface area contributed by atoms with Gasteiger partial charge in [0.1, 0.15) is 0 Å². The third-order valence-electron chi connectivity index (χ3n) is 3.33. The second kappa shape index (κ2) is 9.78. The zero-order chi connectivity index (χ0) is 15.7. The molecule has 1 aromatic rings. The maximum Gasteiger partial charge on any atom is 0.213 e. The first-order chi connectivity index (χ1) is 10.0. The molecule has 0 aromatic carbocycles. The molecule has 0 spiro atoms. The van der Waals surface area contributed by atoms with E-state index in [1.165, 1.54) is 12.0 Å². The molecule has 0 saturated carbocycles. The lowest BCUT2D eigenvalue weighted by Crippen LogP contribution is -2.19. The Morgan fingerprint density at radius 2 is 1.90 bits per heavy atom. The summed E-state index contributed by atoms with van der Waals surface area (Å²) < 4.78 is 5.83. The van der Waals surface area contributed by atoms with Gasteiger partial charge in [-0.25, -0.2) is 4.98 Å².